The summed E-state index contributed by atoms with van der Waals surface area (Å²) in [7, 11) is 0. The molecule has 2 nitrogen and oxygen atoms in total. The number of carbonyl (C=O) groups is 1. The van der Waals surface area contributed by atoms with E-state index in [9.17, 15) is 4.79 Å². The fraction of sp³-hybridized carbons (Fsp3) is 0.971. The highest BCUT2D eigenvalue weighted by atomic mass is 16.5. The highest BCUT2D eigenvalue weighted by molar-refractivity contribution is 5.69. The van der Waals surface area contributed by atoms with Crippen LogP contribution in [0.1, 0.15) is 213 Å². The van der Waals surface area contributed by atoms with E-state index < -0.39 is 0 Å². The van der Waals surface area contributed by atoms with Crippen LogP contribution in [0.3, 0.4) is 0 Å². The van der Waals surface area contributed by atoms with Gasteiger partial charge in [0.1, 0.15) is 0 Å². The second-order valence-electron chi connectivity index (χ2n) is 11.9. The Morgan fingerprint density at radius 2 is 0.595 bits per heavy atom. The van der Waals surface area contributed by atoms with Gasteiger partial charge in [-0.25, -0.2) is 0 Å². The Bertz CT molecular complexity index is 419. The van der Waals surface area contributed by atoms with Crippen LogP contribution in [0.25, 0.3) is 0 Å². The summed E-state index contributed by atoms with van der Waals surface area (Å²) in [5.41, 5.74) is 0. The van der Waals surface area contributed by atoms with E-state index in [2.05, 4.69) is 13.8 Å². The predicted octanol–water partition coefficient (Wildman–Crippen LogP) is 12.7. The number of rotatable bonds is 32. The molecule has 0 N–H and O–H groups in total. The van der Waals surface area contributed by atoms with Gasteiger partial charge in [-0.1, -0.05) is 194 Å². The fourth-order valence-corrected chi connectivity index (χ4v) is 5.37. The molecule has 0 aliphatic heterocycles. The fourth-order valence-electron chi connectivity index (χ4n) is 5.37. The highest BCUT2D eigenvalue weighted by Gasteiger charge is 2.02. The number of carbonyl (C=O) groups excluding carboxylic acids is 1. The van der Waals surface area contributed by atoms with Gasteiger partial charge in [0.2, 0.25) is 0 Å². The molecule has 0 atom stereocenters. The number of hydrogen-bond donors (Lipinski definition) is 0. The van der Waals surface area contributed by atoms with E-state index in [1.807, 2.05) is 0 Å². The number of hydrogen-bond acceptors (Lipinski definition) is 2. The molecule has 0 rings (SSSR count). The summed E-state index contributed by atoms with van der Waals surface area (Å²) in [6.45, 7) is 5.20. The zero-order valence-electron chi connectivity index (χ0n) is 25.9. The van der Waals surface area contributed by atoms with Gasteiger partial charge in [0.05, 0.1) is 6.61 Å². The van der Waals surface area contributed by atoms with Crippen molar-refractivity contribution in [3.8, 4) is 0 Å². The van der Waals surface area contributed by atoms with Gasteiger partial charge in [0.15, 0.2) is 0 Å². The first-order valence-electron chi connectivity index (χ1n) is 17.5. The van der Waals surface area contributed by atoms with Gasteiger partial charge in [-0.3, -0.25) is 4.79 Å². The van der Waals surface area contributed by atoms with Gasteiger partial charge < -0.3 is 4.74 Å². The van der Waals surface area contributed by atoms with E-state index in [-0.39, 0.29) is 5.97 Å². The van der Waals surface area contributed by atoms with Crippen molar-refractivity contribution < 1.29 is 9.53 Å². The van der Waals surface area contributed by atoms with Crippen molar-refractivity contribution in [1.29, 1.82) is 0 Å². The van der Waals surface area contributed by atoms with Crippen molar-refractivity contribution in [2.45, 2.75) is 213 Å². The first kappa shape index (κ1) is 36.5. The maximum absolute atomic E-state index is 11.9. The standard InChI is InChI=1S/C35H70O2/c1-3-5-7-9-11-13-15-16-17-18-19-20-21-22-23-24-26-28-30-32-34-37-35(36)33-31-29-27-25-14-12-10-8-6-4-2/h3-34H2,1-2H3. The molecular formula is C35H70O2. The van der Waals surface area contributed by atoms with Gasteiger partial charge in [0, 0.05) is 6.42 Å². The van der Waals surface area contributed by atoms with E-state index in [0.717, 1.165) is 12.8 Å². The largest absolute Gasteiger partial charge is 0.466 e. The minimum absolute atomic E-state index is 0.0253. The van der Waals surface area contributed by atoms with E-state index >= 15 is 0 Å². The molecule has 222 valence electrons. The first-order valence-corrected chi connectivity index (χ1v) is 17.5. The maximum Gasteiger partial charge on any atom is 0.305 e. The Morgan fingerprint density at radius 1 is 0.351 bits per heavy atom. The molecule has 0 aromatic rings. The first-order chi connectivity index (χ1) is 18.3. The van der Waals surface area contributed by atoms with Gasteiger partial charge in [-0.15, -0.1) is 0 Å². The minimum atomic E-state index is 0.0253. The molecule has 0 aromatic heterocycles. The molecule has 0 aliphatic carbocycles. The molecule has 0 radical (unpaired) electrons. The molecule has 2 heteroatoms. The second kappa shape index (κ2) is 33.5. The van der Waals surface area contributed by atoms with Crippen LogP contribution < -0.4 is 0 Å². The van der Waals surface area contributed by atoms with E-state index in [1.165, 1.54) is 180 Å². The van der Waals surface area contributed by atoms with Crippen LogP contribution in [0, 0.1) is 0 Å². The second-order valence-corrected chi connectivity index (χ2v) is 11.9. The molecule has 0 fully saturated rings. The molecular weight excluding hydrogens is 452 g/mol. The molecule has 0 aromatic carbocycles. The van der Waals surface area contributed by atoms with E-state index in [1.54, 1.807) is 0 Å². The summed E-state index contributed by atoms with van der Waals surface area (Å²) in [5, 5.41) is 0. The topological polar surface area (TPSA) is 26.3 Å². The van der Waals surface area contributed by atoms with Gasteiger partial charge in [0.25, 0.3) is 0 Å². The summed E-state index contributed by atoms with van der Waals surface area (Å²) < 4.78 is 5.42. The molecule has 37 heavy (non-hydrogen) atoms. The molecule has 0 saturated carbocycles. The molecule has 0 unspecified atom stereocenters. The van der Waals surface area contributed by atoms with Crippen LogP contribution in [-0.2, 0) is 9.53 Å². The Kier molecular flexibility index (Phi) is 33.0. The van der Waals surface area contributed by atoms with E-state index in [4.69, 9.17) is 4.74 Å². The summed E-state index contributed by atoms with van der Waals surface area (Å²) in [6.07, 6.45) is 41.7. The van der Waals surface area contributed by atoms with Crippen molar-refractivity contribution in [3.63, 3.8) is 0 Å². The SMILES string of the molecule is CCCCCCCCCCCCCCCCCCCCCCOC(=O)CCCCCCCCCCCC. The third-order valence-corrected chi connectivity index (χ3v) is 8.00. The lowest BCUT2D eigenvalue weighted by atomic mass is 10.0. The summed E-state index contributed by atoms with van der Waals surface area (Å²) >= 11 is 0. The summed E-state index contributed by atoms with van der Waals surface area (Å²) in [4.78, 5) is 11.9. The Hall–Kier alpha value is -0.530. The normalized spacial score (nSPS) is 11.3. The monoisotopic (exact) mass is 523 g/mol. The molecule has 0 bridgehead atoms. The van der Waals surface area contributed by atoms with Crippen molar-refractivity contribution in [3.05, 3.63) is 0 Å². The lowest BCUT2D eigenvalue weighted by molar-refractivity contribution is -0.143. The summed E-state index contributed by atoms with van der Waals surface area (Å²) in [6, 6.07) is 0. The number of esters is 1. The third kappa shape index (κ3) is 33.4. The van der Waals surface area contributed by atoms with Crippen molar-refractivity contribution in [1.82, 2.24) is 0 Å². The average Bonchev–Trinajstić information content (AvgIpc) is 2.90. The highest BCUT2D eigenvalue weighted by Crippen LogP contribution is 2.15. The minimum Gasteiger partial charge on any atom is -0.466 e. The molecule has 0 amide bonds. The molecule has 0 heterocycles. The van der Waals surface area contributed by atoms with Crippen LogP contribution in [0.2, 0.25) is 0 Å². The predicted molar refractivity (Wildman–Crippen MR) is 165 cm³/mol. The van der Waals surface area contributed by atoms with Gasteiger partial charge in [-0.2, -0.15) is 0 Å². The quantitative estimate of drug-likeness (QED) is 0.0648. The van der Waals surface area contributed by atoms with Crippen molar-refractivity contribution >= 4 is 5.97 Å². The average molecular weight is 523 g/mol. The summed E-state index contributed by atoms with van der Waals surface area (Å²) in [5.74, 6) is 0.0253. The van der Waals surface area contributed by atoms with Crippen LogP contribution in [0.15, 0.2) is 0 Å². The van der Waals surface area contributed by atoms with Crippen molar-refractivity contribution in [2.75, 3.05) is 6.61 Å². The van der Waals surface area contributed by atoms with Crippen LogP contribution in [-0.4, -0.2) is 12.6 Å². The number of unbranched alkanes of at least 4 members (excludes halogenated alkanes) is 28. The molecule has 0 spiro atoms. The molecule has 0 saturated heterocycles. The number of ether oxygens (including phenoxy) is 1. The van der Waals surface area contributed by atoms with Crippen molar-refractivity contribution in [2.24, 2.45) is 0 Å². The third-order valence-electron chi connectivity index (χ3n) is 8.00. The lowest BCUT2D eigenvalue weighted by Crippen LogP contribution is -2.05. The zero-order chi connectivity index (χ0) is 26.9. The Balaban J connectivity index is 3.12. The van der Waals surface area contributed by atoms with Crippen LogP contribution in [0.5, 0.6) is 0 Å². The van der Waals surface area contributed by atoms with Gasteiger partial charge in [-0.05, 0) is 12.8 Å². The van der Waals surface area contributed by atoms with Gasteiger partial charge >= 0.3 is 5.97 Å². The Labute approximate surface area is 234 Å². The van der Waals surface area contributed by atoms with E-state index in [0.29, 0.717) is 13.0 Å². The Morgan fingerprint density at radius 3 is 0.892 bits per heavy atom. The van der Waals surface area contributed by atoms with Crippen LogP contribution in [0.4, 0.5) is 0 Å². The molecule has 0 aliphatic rings. The lowest BCUT2D eigenvalue weighted by Gasteiger charge is -2.06. The van der Waals surface area contributed by atoms with Crippen LogP contribution >= 0.6 is 0 Å². The zero-order valence-corrected chi connectivity index (χ0v) is 25.9. The smallest absolute Gasteiger partial charge is 0.305 e. The maximum atomic E-state index is 11.9.